The van der Waals surface area contributed by atoms with Crippen LogP contribution in [0.2, 0.25) is 0 Å². The van der Waals surface area contributed by atoms with Crippen molar-refractivity contribution >= 4 is 5.97 Å². The number of nitrogens with zero attached hydrogens (tertiary/aromatic N) is 2. The van der Waals surface area contributed by atoms with E-state index in [-0.39, 0.29) is 6.04 Å². The van der Waals surface area contributed by atoms with Crippen LogP contribution in [0, 0.1) is 0 Å². The lowest BCUT2D eigenvalue weighted by Gasteiger charge is -2.41. The zero-order chi connectivity index (χ0) is 15.5. The standard InChI is InChI=1S/C16H31N3O2/c1-13(2)17-16(3,15(20)21)12-18-8-10-19(11-9-18)14-6-4-5-7-14/h13-14,17H,4-12H2,1-3H3,(H,20,21). The second kappa shape index (κ2) is 7.07. The molecule has 0 radical (unpaired) electrons. The third kappa shape index (κ3) is 4.41. The highest BCUT2D eigenvalue weighted by atomic mass is 16.4. The van der Waals surface area contributed by atoms with Crippen molar-refractivity contribution in [3.8, 4) is 0 Å². The molecule has 2 fully saturated rings. The van der Waals surface area contributed by atoms with E-state index in [4.69, 9.17) is 0 Å². The predicted molar refractivity (Wildman–Crippen MR) is 84.6 cm³/mol. The zero-order valence-electron chi connectivity index (χ0n) is 13.8. The highest BCUT2D eigenvalue weighted by molar-refractivity contribution is 5.78. The molecular weight excluding hydrogens is 266 g/mol. The highest BCUT2D eigenvalue weighted by Gasteiger charge is 2.37. The Hall–Kier alpha value is -0.650. The summed E-state index contributed by atoms with van der Waals surface area (Å²) >= 11 is 0. The van der Waals surface area contributed by atoms with Crippen molar-refractivity contribution in [1.82, 2.24) is 15.1 Å². The molecule has 0 spiro atoms. The number of hydrogen-bond donors (Lipinski definition) is 2. The van der Waals surface area contributed by atoms with Crippen molar-refractivity contribution in [2.45, 2.75) is 64.1 Å². The summed E-state index contributed by atoms with van der Waals surface area (Å²) in [6.07, 6.45) is 5.45. The second-order valence-corrected chi connectivity index (χ2v) is 7.19. The lowest BCUT2D eigenvalue weighted by molar-refractivity contribution is -0.145. The molecule has 0 aromatic carbocycles. The maximum Gasteiger partial charge on any atom is 0.324 e. The van der Waals surface area contributed by atoms with E-state index in [0.717, 1.165) is 32.2 Å². The monoisotopic (exact) mass is 297 g/mol. The minimum Gasteiger partial charge on any atom is -0.480 e. The maximum absolute atomic E-state index is 11.6. The van der Waals surface area contributed by atoms with E-state index in [0.29, 0.717) is 6.54 Å². The van der Waals surface area contributed by atoms with Gasteiger partial charge in [-0.15, -0.1) is 0 Å². The van der Waals surface area contributed by atoms with Crippen LogP contribution in [-0.2, 0) is 4.79 Å². The molecule has 2 aliphatic rings. The molecular formula is C16H31N3O2. The Morgan fingerprint density at radius 2 is 1.81 bits per heavy atom. The summed E-state index contributed by atoms with van der Waals surface area (Å²) in [5.74, 6) is -0.755. The molecule has 1 aliphatic carbocycles. The van der Waals surface area contributed by atoms with Gasteiger partial charge in [0.1, 0.15) is 5.54 Å². The maximum atomic E-state index is 11.6. The molecule has 1 saturated carbocycles. The number of carboxylic acids is 1. The molecule has 1 unspecified atom stereocenters. The van der Waals surface area contributed by atoms with Crippen molar-refractivity contribution in [2.75, 3.05) is 32.7 Å². The van der Waals surface area contributed by atoms with E-state index in [1.807, 2.05) is 13.8 Å². The number of nitrogens with one attached hydrogen (secondary N) is 1. The van der Waals surface area contributed by atoms with Gasteiger partial charge >= 0.3 is 5.97 Å². The molecule has 5 heteroatoms. The van der Waals surface area contributed by atoms with Crippen LogP contribution >= 0.6 is 0 Å². The Balaban J connectivity index is 1.84. The summed E-state index contributed by atoms with van der Waals surface area (Å²) in [5.41, 5.74) is -0.857. The van der Waals surface area contributed by atoms with E-state index < -0.39 is 11.5 Å². The Labute approximate surface area is 128 Å². The van der Waals surface area contributed by atoms with Gasteiger partial charge < -0.3 is 5.11 Å². The average Bonchev–Trinajstić information content (AvgIpc) is 2.92. The van der Waals surface area contributed by atoms with Crippen LogP contribution in [0.4, 0.5) is 0 Å². The number of aliphatic carboxylic acids is 1. The lowest BCUT2D eigenvalue weighted by atomic mass is 10.00. The molecule has 0 bridgehead atoms. The molecule has 122 valence electrons. The van der Waals surface area contributed by atoms with Crippen molar-refractivity contribution in [2.24, 2.45) is 0 Å². The number of hydrogen-bond acceptors (Lipinski definition) is 4. The predicted octanol–water partition coefficient (Wildman–Crippen LogP) is 1.39. The summed E-state index contributed by atoms with van der Waals surface area (Å²) in [6.45, 7) is 10.5. The van der Waals surface area contributed by atoms with Crippen LogP contribution in [0.15, 0.2) is 0 Å². The molecule has 21 heavy (non-hydrogen) atoms. The summed E-state index contributed by atoms with van der Waals surface area (Å²) in [4.78, 5) is 16.5. The number of carboxylic acid groups (broad SMARTS) is 1. The van der Waals surface area contributed by atoms with E-state index in [9.17, 15) is 9.90 Å². The number of piperazine rings is 1. The number of carbonyl (C=O) groups is 1. The van der Waals surface area contributed by atoms with Crippen molar-refractivity contribution < 1.29 is 9.90 Å². The molecule has 2 N–H and O–H groups in total. The first kappa shape index (κ1) is 16.7. The molecule has 0 aromatic heterocycles. The summed E-state index contributed by atoms with van der Waals surface area (Å²) < 4.78 is 0. The first-order chi connectivity index (χ1) is 9.90. The molecule has 2 rings (SSSR count). The van der Waals surface area contributed by atoms with Gasteiger partial charge in [0, 0.05) is 44.8 Å². The van der Waals surface area contributed by atoms with Crippen molar-refractivity contribution in [3.05, 3.63) is 0 Å². The summed E-state index contributed by atoms with van der Waals surface area (Å²) in [7, 11) is 0. The van der Waals surface area contributed by atoms with E-state index in [1.165, 1.54) is 25.7 Å². The third-order valence-electron chi connectivity index (χ3n) is 4.87. The van der Waals surface area contributed by atoms with Gasteiger partial charge in [-0.05, 0) is 33.6 Å². The molecule has 0 aromatic rings. The van der Waals surface area contributed by atoms with Crippen molar-refractivity contribution in [1.29, 1.82) is 0 Å². The fraction of sp³-hybridized carbons (Fsp3) is 0.938. The first-order valence-corrected chi connectivity index (χ1v) is 8.38. The van der Waals surface area contributed by atoms with E-state index in [1.54, 1.807) is 6.92 Å². The third-order valence-corrected chi connectivity index (χ3v) is 4.87. The lowest BCUT2D eigenvalue weighted by Crippen LogP contribution is -2.61. The molecule has 1 aliphatic heterocycles. The SMILES string of the molecule is CC(C)NC(C)(CN1CCN(C2CCCC2)CC1)C(=O)O. The largest absolute Gasteiger partial charge is 0.480 e. The van der Waals surface area contributed by atoms with Crippen LogP contribution in [0.25, 0.3) is 0 Å². The summed E-state index contributed by atoms with van der Waals surface area (Å²) in [5, 5.41) is 12.8. The highest BCUT2D eigenvalue weighted by Crippen LogP contribution is 2.24. The van der Waals surface area contributed by atoms with Gasteiger partial charge in [0.25, 0.3) is 0 Å². The fourth-order valence-electron chi connectivity index (χ4n) is 3.82. The zero-order valence-corrected chi connectivity index (χ0v) is 13.8. The minimum atomic E-state index is -0.857. The normalized spacial score (nSPS) is 25.3. The van der Waals surface area contributed by atoms with E-state index in [2.05, 4.69) is 15.1 Å². The Kier molecular flexibility index (Phi) is 5.63. The van der Waals surface area contributed by atoms with Crippen LogP contribution in [-0.4, -0.2) is 71.2 Å². The molecule has 1 atom stereocenters. The average molecular weight is 297 g/mol. The van der Waals surface area contributed by atoms with Crippen LogP contribution in [0.3, 0.4) is 0 Å². The smallest absolute Gasteiger partial charge is 0.324 e. The molecule has 1 heterocycles. The van der Waals surface area contributed by atoms with Crippen LogP contribution in [0.1, 0.15) is 46.5 Å². The Morgan fingerprint density at radius 1 is 1.24 bits per heavy atom. The van der Waals surface area contributed by atoms with Gasteiger partial charge in [-0.25, -0.2) is 0 Å². The van der Waals surface area contributed by atoms with Gasteiger partial charge in [0.15, 0.2) is 0 Å². The molecule has 5 nitrogen and oxygen atoms in total. The van der Waals surface area contributed by atoms with Gasteiger partial charge in [0.05, 0.1) is 0 Å². The number of rotatable bonds is 6. The summed E-state index contributed by atoms with van der Waals surface area (Å²) in [6, 6.07) is 0.956. The van der Waals surface area contributed by atoms with Crippen LogP contribution < -0.4 is 5.32 Å². The topological polar surface area (TPSA) is 55.8 Å². The molecule has 0 amide bonds. The minimum absolute atomic E-state index is 0.172. The first-order valence-electron chi connectivity index (χ1n) is 8.38. The van der Waals surface area contributed by atoms with Crippen molar-refractivity contribution in [3.63, 3.8) is 0 Å². The Bertz CT molecular complexity index is 347. The van der Waals surface area contributed by atoms with Crippen LogP contribution in [0.5, 0.6) is 0 Å². The second-order valence-electron chi connectivity index (χ2n) is 7.19. The quantitative estimate of drug-likeness (QED) is 0.776. The fourth-order valence-corrected chi connectivity index (χ4v) is 3.82. The Morgan fingerprint density at radius 3 is 2.29 bits per heavy atom. The van der Waals surface area contributed by atoms with Gasteiger partial charge in [-0.1, -0.05) is 12.8 Å². The van der Waals surface area contributed by atoms with Gasteiger partial charge in [-0.3, -0.25) is 19.9 Å². The molecule has 1 saturated heterocycles. The van der Waals surface area contributed by atoms with E-state index >= 15 is 0 Å². The van der Waals surface area contributed by atoms with Gasteiger partial charge in [0.2, 0.25) is 0 Å². The van der Waals surface area contributed by atoms with Gasteiger partial charge in [-0.2, -0.15) is 0 Å².